The van der Waals surface area contributed by atoms with Crippen LogP contribution in [0.1, 0.15) is 28.3 Å². The number of urea groups is 1. The summed E-state index contributed by atoms with van der Waals surface area (Å²) in [7, 11) is 0. The molecule has 2 aromatic rings. The molecule has 3 N–H and O–H groups in total. The first-order valence-corrected chi connectivity index (χ1v) is 6.25. The molecule has 3 nitrogen and oxygen atoms in total. The van der Waals surface area contributed by atoms with E-state index in [1.54, 1.807) is 0 Å². The fourth-order valence-electron chi connectivity index (χ4n) is 2.11. The maximum atomic E-state index is 11.2. The van der Waals surface area contributed by atoms with Crippen LogP contribution >= 0.6 is 0 Å². The normalized spacial score (nSPS) is 11.9. The van der Waals surface area contributed by atoms with Gasteiger partial charge in [-0.05, 0) is 25.0 Å². The van der Waals surface area contributed by atoms with Crippen molar-refractivity contribution in [3.63, 3.8) is 0 Å². The third-order valence-electron chi connectivity index (χ3n) is 3.07. The smallest absolute Gasteiger partial charge is 0.312 e. The molecule has 1 unspecified atom stereocenters. The van der Waals surface area contributed by atoms with Gasteiger partial charge in [0.25, 0.3) is 0 Å². The molecule has 2 rings (SSSR count). The second kappa shape index (κ2) is 5.57. The van der Waals surface area contributed by atoms with Gasteiger partial charge in [0.1, 0.15) is 0 Å². The van der Waals surface area contributed by atoms with E-state index in [1.165, 1.54) is 5.56 Å². The van der Waals surface area contributed by atoms with Crippen molar-refractivity contribution in [3.05, 3.63) is 70.8 Å². The molecule has 0 aliphatic rings. The standard InChI is InChI=1S/C16H18N2O/c1-11-6-8-13(9-7-11)15(18-16(17)19)14-5-3-4-12(2)10-14/h3-10,15H,1-2H3,(H3,17,18,19). The highest BCUT2D eigenvalue weighted by Gasteiger charge is 2.15. The zero-order valence-corrected chi connectivity index (χ0v) is 11.2. The minimum absolute atomic E-state index is 0.210. The molecule has 0 aliphatic heterocycles. The van der Waals surface area contributed by atoms with Crippen LogP contribution in [0.5, 0.6) is 0 Å². The Morgan fingerprint density at radius 1 is 1.00 bits per heavy atom. The summed E-state index contributed by atoms with van der Waals surface area (Å²) in [6, 6.07) is 15.4. The van der Waals surface area contributed by atoms with Crippen LogP contribution in [0, 0.1) is 13.8 Å². The average Bonchev–Trinajstić information content (AvgIpc) is 2.37. The maximum absolute atomic E-state index is 11.2. The van der Waals surface area contributed by atoms with Crippen molar-refractivity contribution in [2.75, 3.05) is 0 Å². The minimum Gasteiger partial charge on any atom is -0.352 e. The number of nitrogens with two attached hydrogens (primary N) is 1. The van der Waals surface area contributed by atoms with E-state index in [4.69, 9.17) is 5.73 Å². The Hall–Kier alpha value is -2.29. The minimum atomic E-state index is -0.521. The van der Waals surface area contributed by atoms with Crippen LogP contribution in [0.3, 0.4) is 0 Å². The number of amides is 2. The van der Waals surface area contributed by atoms with Crippen molar-refractivity contribution in [3.8, 4) is 0 Å². The van der Waals surface area contributed by atoms with Gasteiger partial charge >= 0.3 is 6.03 Å². The Balaban J connectivity index is 2.40. The molecule has 19 heavy (non-hydrogen) atoms. The third-order valence-corrected chi connectivity index (χ3v) is 3.07. The topological polar surface area (TPSA) is 55.1 Å². The highest BCUT2D eigenvalue weighted by atomic mass is 16.2. The number of hydrogen-bond donors (Lipinski definition) is 2. The van der Waals surface area contributed by atoms with Gasteiger partial charge in [0.05, 0.1) is 6.04 Å². The van der Waals surface area contributed by atoms with Gasteiger partial charge in [0.2, 0.25) is 0 Å². The number of rotatable bonds is 3. The summed E-state index contributed by atoms with van der Waals surface area (Å²) in [6.45, 7) is 4.06. The van der Waals surface area contributed by atoms with Gasteiger partial charge < -0.3 is 11.1 Å². The van der Waals surface area contributed by atoms with E-state index in [2.05, 4.69) is 11.4 Å². The van der Waals surface area contributed by atoms with Gasteiger partial charge in [-0.2, -0.15) is 0 Å². The van der Waals surface area contributed by atoms with Gasteiger partial charge in [-0.3, -0.25) is 0 Å². The van der Waals surface area contributed by atoms with Crippen LogP contribution in [0.25, 0.3) is 0 Å². The SMILES string of the molecule is Cc1ccc(C(NC(N)=O)c2cccc(C)c2)cc1. The number of benzene rings is 2. The molecule has 0 bridgehead atoms. The number of aryl methyl sites for hydroxylation is 2. The Kier molecular flexibility index (Phi) is 3.85. The van der Waals surface area contributed by atoms with Crippen LogP contribution in [0.4, 0.5) is 4.79 Å². The average molecular weight is 254 g/mol. The summed E-state index contributed by atoms with van der Waals surface area (Å²) in [5.41, 5.74) is 9.68. The highest BCUT2D eigenvalue weighted by Crippen LogP contribution is 2.23. The predicted octanol–water partition coefficient (Wildman–Crippen LogP) is 3.06. The zero-order chi connectivity index (χ0) is 13.8. The van der Waals surface area contributed by atoms with Crippen molar-refractivity contribution in [2.45, 2.75) is 19.9 Å². The van der Waals surface area contributed by atoms with Gasteiger partial charge in [-0.15, -0.1) is 0 Å². The van der Waals surface area contributed by atoms with Gasteiger partial charge in [-0.25, -0.2) is 4.79 Å². The Morgan fingerprint density at radius 2 is 1.68 bits per heavy atom. The molecule has 1 atom stereocenters. The van der Waals surface area contributed by atoms with Crippen molar-refractivity contribution in [2.24, 2.45) is 5.73 Å². The lowest BCUT2D eigenvalue weighted by molar-refractivity contribution is 0.247. The predicted molar refractivity (Wildman–Crippen MR) is 76.9 cm³/mol. The molecular formula is C16H18N2O. The van der Waals surface area contributed by atoms with E-state index >= 15 is 0 Å². The molecule has 98 valence electrons. The lowest BCUT2D eigenvalue weighted by atomic mass is 9.97. The Labute approximate surface area is 113 Å². The summed E-state index contributed by atoms with van der Waals surface area (Å²) < 4.78 is 0. The molecule has 0 saturated carbocycles. The number of primary amides is 1. The van der Waals surface area contributed by atoms with Crippen LogP contribution in [0.15, 0.2) is 48.5 Å². The quantitative estimate of drug-likeness (QED) is 0.869. The monoisotopic (exact) mass is 254 g/mol. The lowest BCUT2D eigenvalue weighted by Crippen LogP contribution is -2.33. The van der Waals surface area contributed by atoms with Crippen molar-refractivity contribution in [1.82, 2.24) is 5.32 Å². The number of nitrogens with one attached hydrogen (secondary N) is 1. The molecule has 3 heteroatoms. The van der Waals surface area contributed by atoms with E-state index in [0.717, 1.165) is 16.7 Å². The van der Waals surface area contributed by atoms with E-state index in [1.807, 2.05) is 56.3 Å². The molecule has 0 radical (unpaired) electrons. The molecule has 0 aromatic heterocycles. The van der Waals surface area contributed by atoms with Gasteiger partial charge in [-0.1, -0.05) is 59.7 Å². The summed E-state index contributed by atoms with van der Waals surface area (Å²) in [6.07, 6.45) is 0. The summed E-state index contributed by atoms with van der Waals surface area (Å²) in [4.78, 5) is 11.2. The number of hydrogen-bond acceptors (Lipinski definition) is 1. The molecule has 0 saturated heterocycles. The van der Waals surface area contributed by atoms with Gasteiger partial charge in [0.15, 0.2) is 0 Å². The molecule has 0 heterocycles. The van der Waals surface area contributed by atoms with Crippen molar-refractivity contribution in [1.29, 1.82) is 0 Å². The van der Waals surface area contributed by atoms with Gasteiger partial charge in [0, 0.05) is 0 Å². The third kappa shape index (κ3) is 3.35. The highest BCUT2D eigenvalue weighted by molar-refractivity contribution is 5.73. The van der Waals surface area contributed by atoms with E-state index < -0.39 is 6.03 Å². The van der Waals surface area contributed by atoms with Crippen LogP contribution < -0.4 is 11.1 Å². The molecule has 2 aromatic carbocycles. The Morgan fingerprint density at radius 3 is 2.26 bits per heavy atom. The molecule has 2 amide bonds. The lowest BCUT2D eigenvalue weighted by Gasteiger charge is -2.19. The summed E-state index contributed by atoms with van der Waals surface area (Å²) in [5.74, 6) is 0. The number of carbonyl (C=O) groups excluding carboxylic acids is 1. The van der Waals surface area contributed by atoms with Crippen molar-refractivity contribution < 1.29 is 4.79 Å². The van der Waals surface area contributed by atoms with E-state index in [0.29, 0.717) is 0 Å². The molecule has 0 spiro atoms. The molecule has 0 fully saturated rings. The summed E-state index contributed by atoms with van der Waals surface area (Å²) >= 11 is 0. The first-order valence-electron chi connectivity index (χ1n) is 6.25. The van der Waals surface area contributed by atoms with Crippen molar-refractivity contribution >= 4 is 6.03 Å². The summed E-state index contributed by atoms with van der Waals surface area (Å²) in [5, 5.41) is 2.80. The second-order valence-electron chi connectivity index (χ2n) is 4.77. The van der Waals surface area contributed by atoms with E-state index in [9.17, 15) is 4.79 Å². The largest absolute Gasteiger partial charge is 0.352 e. The molecule has 0 aliphatic carbocycles. The first kappa shape index (κ1) is 13.1. The van der Waals surface area contributed by atoms with Crippen LogP contribution in [-0.4, -0.2) is 6.03 Å². The number of carbonyl (C=O) groups is 1. The molecular weight excluding hydrogens is 236 g/mol. The Bertz CT molecular complexity index is 576. The zero-order valence-electron chi connectivity index (χ0n) is 11.2. The van der Waals surface area contributed by atoms with Crippen LogP contribution in [-0.2, 0) is 0 Å². The van der Waals surface area contributed by atoms with E-state index in [-0.39, 0.29) is 6.04 Å². The van der Waals surface area contributed by atoms with Crippen LogP contribution in [0.2, 0.25) is 0 Å². The fourth-order valence-corrected chi connectivity index (χ4v) is 2.11. The fraction of sp³-hybridized carbons (Fsp3) is 0.188. The maximum Gasteiger partial charge on any atom is 0.312 e. The second-order valence-corrected chi connectivity index (χ2v) is 4.77. The first-order chi connectivity index (χ1) is 9.06.